The van der Waals surface area contributed by atoms with Crippen LogP contribution in [0.3, 0.4) is 0 Å². The van der Waals surface area contributed by atoms with E-state index in [-0.39, 0.29) is 28.7 Å². The Morgan fingerprint density at radius 1 is 1.25 bits per heavy atom. The molecule has 0 aliphatic carbocycles. The van der Waals surface area contributed by atoms with Crippen LogP contribution in [0, 0.1) is 0 Å². The molecule has 6 heteroatoms. The summed E-state index contributed by atoms with van der Waals surface area (Å²) in [6.07, 6.45) is 1.14. The van der Waals surface area contributed by atoms with Gasteiger partial charge in [0.15, 0.2) is 0 Å². The maximum atomic E-state index is 11.3. The van der Waals surface area contributed by atoms with Gasteiger partial charge in [0.1, 0.15) is 9.84 Å². The number of nitrogen functional groups attached to an aromatic ring is 1. The van der Waals surface area contributed by atoms with Crippen molar-refractivity contribution in [2.75, 3.05) is 17.2 Å². The molecule has 0 saturated carbocycles. The Hall–Kier alpha value is -1.30. The summed E-state index contributed by atoms with van der Waals surface area (Å²) in [5.41, 5.74) is 6.10. The Morgan fingerprint density at radius 2 is 1.88 bits per heavy atom. The SMILES string of the molecule is Nc1ccc(C2CCS(=O)(=O)CC2)[nH]c1=O. The number of hydrogen-bond acceptors (Lipinski definition) is 4. The van der Waals surface area contributed by atoms with Crippen molar-refractivity contribution < 1.29 is 8.42 Å². The van der Waals surface area contributed by atoms with E-state index < -0.39 is 9.84 Å². The van der Waals surface area contributed by atoms with Crippen molar-refractivity contribution in [2.24, 2.45) is 0 Å². The third kappa shape index (κ3) is 2.27. The molecule has 3 N–H and O–H groups in total. The zero-order chi connectivity index (χ0) is 11.8. The van der Waals surface area contributed by atoms with E-state index in [0.717, 1.165) is 5.69 Å². The van der Waals surface area contributed by atoms with Gasteiger partial charge >= 0.3 is 0 Å². The average Bonchev–Trinajstić information content (AvgIpc) is 2.22. The summed E-state index contributed by atoms with van der Waals surface area (Å²) < 4.78 is 22.5. The molecule has 0 amide bonds. The Balaban J connectivity index is 2.20. The van der Waals surface area contributed by atoms with E-state index in [1.165, 1.54) is 0 Å². The number of nitrogens with two attached hydrogens (primary N) is 1. The lowest BCUT2D eigenvalue weighted by Gasteiger charge is -2.21. The number of pyridine rings is 1. The van der Waals surface area contributed by atoms with Crippen LogP contribution < -0.4 is 11.3 Å². The number of aromatic amines is 1. The molecule has 88 valence electrons. The van der Waals surface area contributed by atoms with Gasteiger partial charge in [0.2, 0.25) is 0 Å². The fourth-order valence-electron chi connectivity index (χ4n) is 1.94. The van der Waals surface area contributed by atoms with Crippen LogP contribution >= 0.6 is 0 Å². The second-order valence-corrected chi connectivity index (χ2v) is 6.43. The maximum absolute atomic E-state index is 11.3. The van der Waals surface area contributed by atoms with Crippen molar-refractivity contribution in [1.82, 2.24) is 4.98 Å². The zero-order valence-electron chi connectivity index (χ0n) is 8.77. The van der Waals surface area contributed by atoms with Crippen LogP contribution in [0.4, 0.5) is 5.69 Å². The zero-order valence-corrected chi connectivity index (χ0v) is 9.59. The Morgan fingerprint density at radius 3 is 2.44 bits per heavy atom. The van der Waals surface area contributed by atoms with E-state index in [1.807, 2.05) is 0 Å². The molecule has 1 aliphatic heterocycles. The van der Waals surface area contributed by atoms with Crippen molar-refractivity contribution in [3.8, 4) is 0 Å². The van der Waals surface area contributed by atoms with Gasteiger partial charge in [-0.1, -0.05) is 0 Å². The van der Waals surface area contributed by atoms with Gasteiger partial charge in [-0.2, -0.15) is 0 Å². The van der Waals surface area contributed by atoms with Gasteiger partial charge < -0.3 is 10.7 Å². The highest BCUT2D eigenvalue weighted by molar-refractivity contribution is 7.91. The fraction of sp³-hybridized carbons (Fsp3) is 0.500. The molecular formula is C10H14N2O3S. The molecule has 0 aromatic carbocycles. The van der Waals surface area contributed by atoms with Crippen molar-refractivity contribution in [1.29, 1.82) is 0 Å². The highest BCUT2D eigenvalue weighted by Crippen LogP contribution is 2.27. The van der Waals surface area contributed by atoms with Crippen LogP contribution in [-0.4, -0.2) is 24.9 Å². The van der Waals surface area contributed by atoms with Crippen molar-refractivity contribution in [3.63, 3.8) is 0 Å². The predicted molar refractivity (Wildman–Crippen MR) is 62.1 cm³/mol. The third-order valence-corrected chi connectivity index (χ3v) is 4.67. The first kappa shape index (κ1) is 11.2. The highest BCUT2D eigenvalue weighted by Gasteiger charge is 2.25. The molecule has 1 aromatic heterocycles. The quantitative estimate of drug-likeness (QED) is 0.738. The van der Waals surface area contributed by atoms with Gasteiger partial charge in [0.25, 0.3) is 5.56 Å². The van der Waals surface area contributed by atoms with E-state index in [1.54, 1.807) is 12.1 Å². The van der Waals surface area contributed by atoms with E-state index in [4.69, 9.17) is 5.73 Å². The van der Waals surface area contributed by atoms with Gasteiger partial charge in [0.05, 0.1) is 17.2 Å². The number of nitrogens with one attached hydrogen (secondary N) is 1. The lowest BCUT2D eigenvalue weighted by molar-refractivity contribution is 0.544. The summed E-state index contributed by atoms with van der Waals surface area (Å²) in [4.78, 5) is 14.0. The first-order valence-electron chi connectivity index (χ1n) is 5.17. The normalized spacial score (nSPS) is 20.8. The monoisotopic (exact) mass is 242 g/mol. The summed E-state index contributed by atoms with van der Waals surface area (Å²) in [5.74, 6) is 0.519. The summed E-state index contributed by atoms with van der Waals surface area (Å²) in [6, 6.07) is 3.33. The largest absolute Gasteiger partial charge is 0.394 e. The Labute approximate surface area is 93.6 Å². The van der Waals surface area contributed by atoms with Gasteiger partial charge in [-0.05, 0) is 25.0 Å². The predicted octanol–water partition coefficient (Wildman–Crippen LogP) is 0.249. The van der Waals surface area contributed by atoms with Crippen molar-refractivity contribution in [2.45, 2.75) is 18.8 Å². The molecule has 2 rings (SSSR count). The lowest BCUT2D eigenvalue weighted by Crippen LogP contribution is -2.24. The maximum Gasteiger partial charge on any atom is 0.271 e. The molecule has 1 aliphatic rings. The number of H-pyrrole nitrogens is 1. The fourth-order valence-corrected chi connectivity index (χ4v) is 3.43. The molecule has 0 spiro atoms. The van der Waals surface area contributed by atoms with Crippen LogP contribution in [0.2, 0.25) is 0 Å². The number of rotatable bonds is 1. The third-order valence-electron chi connectivity index (χ3n) is 2.96. The van der Waals surface area contributed by atoms with E-state index in [9.17, 15) is 13.2 Å². The molecule has 0 bridgehead atoms. The molecule has 1 fully saturated rings. The molecule has 16 heavy (non-hydrogen) atoms. The average molecular weight is 242 g/mol. The van der Waals surface area contributed by atoms with Gasteiger partial charge in [-0.3, -0.25) is 4.79 Å². The van der Waals surface area contributed by atoms with Crippen LogP contribution in [0.5, 0.6) is 0 Å². The van der Waals surface area contributed by atoms with E-state index in [0.29, 0.717) is 12.8 Å². The Bertz CT molecular complexity index is 533. The molecule has 0 atom stereocenters. The van der Waals surface area contributed by atoms with Crippen LogP contribution in [-0.2, 0) is 9.84 Å². The summed E-state index contributed by atoms with van der Waals surface area (Å²) in [6.45, 7) is 0. The summed E-state index contributed by atoms with van der Waals surface area (Å²) in [7, 11) is -2.86. The smallest absolute Gasteiger partial charge is 0.271 e. The summed E-state index contributed by atoms with van der Waals surface area (Å²) in [5, 5.41) is 0. The lowest BCUT2D eigenvalue weighted by atomic mass is 9.98. The topological polar surface area (TPSA) is 93.0 Å². The molecule has 0 radical (unpaired) electrons. The number of anilines is 1. The molecule has 1 aromatic rings. The van der Waals surface area contributed by atoms with E-state index in [2.05, 4.69) is 4.98 Å². The second kappa shape index (κ2) is 3.93. The first-order valence-corrected chi connectivity index (χ1v) is 6.99. The van der Waals surface area contributed by atoms with Crippen molar-refractivity contribution >= 4 is 15.5 Å². The van der Waals surface area contributed by atoms with Crippen molar-refractivity contribution in [3.05, 3.63) is 28.2 Å². The van der Waals surface area contributed by atoms with Gasteiger partial charge in [0, 0.05) is 11.6 Å². The number of aromatic nitrogens is 1. The van der Waals surface area contributed by atoms with Crippen LogP contribution in [0.15, 0.2) is 16.9 Å². The molecule has 1 saturated heterocycles. The minimum absolute atomic E-state index is 0.122. The molecule has 5 nitrogen and oxygen atoms in total. The molecular weight excluding hydrogens is 228 g/mol. The number of hydrogen-bond donors (Lipinski definition) is 2. The number of sulfone groups is 1. The first-order chi connectivity index (χ1) is 7.48. The van der Waals surface area contributed by atoms with Crippen LogP contribution in [0.1, 0.15) is 24.5 Å². The minimum Gasteiger partial charge on any atom is -0.394 e. The van der Waals surface area contributed by atoms with E-state index >= 15 is 0 Å². The molecule has 0 unspecified atom stereocenters. The van der Waals surface area contributed by atoms with Gasteiger partial charge in [-0.25, -0.2) is 8.42 Å². The Kier molecular flexibility index (Phi) is 2.75. The molecule has 2 heterocycles. The minimum atomic E-state index is -2.86. The summed E-state index contributed by atoms with van der Waals surface area (Å²) >= 11 is 0. The van der Waals surface area contributed by atoms with Crippen LogP contribution in [0.25, 0.3) is 0 Å². The standard InChI is InChI=1S/C10H14N2O3S/c11-8-1-2-9(12-10(8)13)7-3-5-16(14,15)6-4-7/h1-2,7H,3-6,11H2,(H,12,13). The second-order valence-electron chi connectivity index (χ2n) is 4.12. The van der Waals surface area contributed by atoms with Gasteiger partial charge in [-0.15, -0.1) is 0 Å². The highest BCUT2D eigenvalue weighted by atomic mass is 32.2.